The lowest BCUT2D eigenvalue weighted by Crippen LogP contribution is -2.25. The van der Waals surface area contributed by atoms with Crippen LogP contribution in [-0.4, -0.2) is 23.9 Å². The van der Waals surface area contributed by atoms with Gasteiger partial charge in [-0.25, -0.2) is 0 Å². The molecule has 2 aromatic rings. The first kappa shape index (κ1) is 15.4. The van der Waals surface area contributed by atoms with E-state index in [1.54, 1.807) is 7.11 Å². The molecule has 21 heavy (non-hydrogen) atoms. The molecule has 1 unspecified atom stereocenters. The molecule has 1 heterocycles. The van der Waals surface area contributed by atoms with Crippen molar-refractivity contribution in [2.45, 2.75) is 32.7 Å². The second kappa shape index (κ2) is 7.74. The Balaban J connectivity index is 2.14. The van der Waals surface area contributed by atoms with E-state index in [4.69, 9.17) is 4.74 Å². The van der Waals surface area contributed by atoms with E-state index in [2.05, 4.69) is 53.6 Å². The maximum atomic E-state index is 5.07. The molecule has 0 amide bonds. The van der Waals surface area contributed by atoms with Crippen molar-refractivity contribution in [3.63, 3.8) is 0 Å². The highest BCUT2D eigenvalue weighted by Crippen LogP contribution is 2.18. The predicted octanol–water partition coefficient (Wildman–Crippen LogP) is 3.08. The monoisotopic (exact) mass is 285 g/mol. The van der Waals surface area contributed by atoms with Gasteiger partial charge in [0.1, 0.15) is 0 Å². The van der Waals surface area contributed by atoms with Crippen LogP contribution in [0.5, 0.6) is 5.88 Å². The third kappa shape index (κ3) is 4.53. The van der Waals surface area contributed by atoms with Gasteiger partial charge in [0.25, 0.3) is 0 Å². The van der Waals surface area contributed by atoms with Crippen molar-refractivity contribution in [1.82, 2.24) is 15.5 Å². The Morgan fingerprint density at radius 3 is 2.43 bits per heavy atom. The summed E-state index contributed by atoms with van der Waals surface area (Å²) in [7, 11) is 1.60. The molecule has 4 nitrogen and oxygen atoms in total. The zero-order chi connectivity index (χ0) is 15.1. The normalized spacial score (nSPS) is 12.1. The van der Waals surface area contributed by atoms with Crippen LogP contribution in [-0.2, 0) is 6.42 Å². The third-order valence-electron chi connectivity index (χ3n) is 3.43. The van der Waals surface area contributed by atoms with Gasteiger partial charge in [0.05, 0.1) is 18.8 Å². The van der Waals surface area contributed by atoms with Crippen molar-refractivity contribution in [2.75, 3.05) is 13.7 Å². The van der Waals surface area contributed by atoms with Crippen LogP contribution < -0.4 is 10.1 Å². The van der Waals surface area contributed by atoms with Crippen molar-refractivity contribution < 1.29 is 4.74 Å². The second-order valence-corrected chi connectivity index (χ2v) is 5.20. The van der Waals surface area contributed by atoms with Crippen molar-refractivity contribution in [3.05, 3.63) is 53.2 Å². The first-order chi connectivity index (χ1) is 10.2. The van der Waals surface area contributed by atoms with Crippen LogP contribution in [0.15, 0.2) is 36.4 Å². The van der Waals surface area contributed by atoms with Crippen LogP contribution >= 0.6 is 0 Å². The van der Waals surface area contributed by atoms with E-state index in [0.717, 1.165) is 25.1 Å². The zero-order valence-electron chi connectivity index (χ0n) is 13.0. The Bertz CT molecular complexity index is 537. The Morgan fingerprint density at radius 1 is 1.10 bits per heavy atom. The van der Waals surface area contributed by atoms with Gasteiger partial charge in [-0.15, -0.1) is 5.10 Å². The summed E-state index contributed by atoms with van der Waals surface area (Å²) in [5, 5.41) is 11.9. The molecule has 0 spiro atoms. The van der Waals surface area contributed by atoms with E-state index in [-0.39, 0.29) is 6.04 Å². The van der Waals surface area contributed by atoms with Gasteiger partial charge in [0.15, 0.2) is 0 Å². The molecule has 0 bridgehead atoms. The minimum absolute atomic E-state index is 0.172. The lowest BCUT2D eigenvalue weighted by Gasteiger charge is -2.18. The molecule has 1 atom stereocenters. The van der Waals surface area contributed by atoms with E-state index in [1.807, 2.05) is 12.1 Å². The molecular weight excluding hydrogens is 262 g/mol. The Labute approximate surface area is 126 Å². The number of aryl methyl sites for hydroxylation is 1. The predicted molar refractivity (Wildman–Crippen MR) is 84.5 cm³/mol. The van der Waals surface area contributed by atoms with Crippen molar-refractivity contribution >= 4 is 0 Å². The minimum Gasteiger partial charge on any atom is -0.480 e. The van der Waals surface area contributed by atoms with Gasteiger partial charge in [0, 0.05) is 6.07 Å². The summed E-state index contributed by atoms with van der Waals surface area (Å²) in [5.41, 5.74) is 3.53. The van der Waals surface area contributed by atoms with Gasteiger partial charge in [0.2, 0.25) is 5.88 Å². The first-order valence-electron chi connectivity index (χ1n) is 7.39. The average molecular weight is 285 g/mol. The average Bonchev–Trinajstić information content (AvgIpc) is 2.53. The van der Waals surface area contributed by atoms with E-state index >= 15 is 0 Å². The Hall–Kier alpha value is -1.94. The quantitative estimate of drug-likeness (QED) is 0.849. The van der Waals surface area contributed by atoms with Crippen molar-refractivity contribution in [3.8, 4) is 5.88 Å². The third-order valence-corrected chi connectivity index (χ3v) is 3.43. The van der Waals surface area contributed by atoms with Gasteiger partial charge in [-0.1, -0.05) is 36.8 Å². The molecule has 112 valence electrons. The lowest BCUT2D eigenvalue weighted by molar-refractivity contribution is 0.389. The molecule has 1 aromatic heterocycles. The molecule has 0 aliphatic heterocycles. The van der Waals surface area contributed by atoms with Crippen LogP contribution in [0.3, 0.4) is 0 Å². The van der Waals surface area contributed by atoms with Crippen LogP contribution in [0.1, 0.15) is 36.2 Å². The lowest BCUT2D eigenvalue weighted by atomic mass is 10.0. The summed E-state index contributed by atoms with van der Waals surface area (Å²) in [5.74, 6) is 0.545. The number of rotatable bonds is 7. The Kier molecular flexibility index (Phi) is 5.69. The maximum Gasteiger partial charge on any atom is 0.233 e. The largest absolute Gasteiger partial charge is 0.480 e. The summed E-state index contributed by atoms with van der Waals surface area (Å²) >= 11 is 0. The van der Waals surface area contributed by atoms with Crippen LogP contribution in [0.25, 0.3) is 0 Å². The molecule has 0 aliphatic rings. The van der Waals surface area contributed by atoms with Crippen molar-refractivity contribution in [2.24, 2.45) is 0 Å². The molecule has 1 N–H and O–H groups in total. The number of nitrogens with one attached hydrogen (secondary N) is 1. The van der Waals surface area contributed by atoms with Crippen LogP contribution in [0.2, 0.25) is 0 Å². The summed E-state index contributed by atoms with van der Waals surface area (Å²) in [6.07, 6.45) is 2.00. The number of hydrogen-bond donors (Lipinski definition) is 1. The molecule has 0 saturated carbocycles. The molecule has 4 heteroatoms. The topological polar surface area (TPSA) is 47.0 Å². The number of nitrogens with zero attached hydrogens (tertiary/aromatic N) is 2. The van der Waals surface area contributed by atoms with E-state index in [1.165, 1.54) is 11.1 Å². The number of ether oxygens (including phenoxy) is 1. The fourth-order valence-electron chi connectivity index (χ4n) is 2.18. The summed E-state index contributed by atoms with van der Waals surface area (Å²) in [6.45, 7) is 5.23. The standard InChI is InChI=1S/C17H23N3O/c1-4-11-18-16(12-14-7-5-13(2)6-8-14)15-9-10-17(21-3)20-19-15/h5-10,16,18H,4,11-12H2,1-3H3. The minimum atomic E-state index is 0.172. The number of methoxy groups -OCH3 is 1. The number of hydrogen-bond acceptors (Lipinski definition) is 4. The SMILES string of the molecule is CCCNC(Cc1ccc(C)cc1)c1ccc(OC)nn1. The highest BCUT2D eigenvalue weighted by molar-refractivity contribution is 5.24. The van der Waals surface area contributed by atoms with Crippen molar-refractivity contribution in [1.29, 1.82) is 0 Å². The van der Waals surface area contributed by atoms with Crippen LogP contribution in [0, 0.1) is 6.92 Å². The second-order valence-electron chi connectivity index (χ2n) is 5.20. The summed E-state index contributed by atoms with van der Waals surface area (Å²) < 4.78 is 5.07. The van der Waals surface area contributed by atoms with E-state index in [9.17, 15) is 0 Å². The highest BCUT2D eigenvalue weighted by atomic mass is 16.5. The fraction of sp³-hybridized carbons (Fsp3) is 0.412. The molecular formula is C17H23N3O. The summed E-state index contributed by atoms with van der Waals surface area (Å²) in [6, 6.07) is 12.6. The highest BCUT2D eigenvalue weighted by Gasteiger charge is 2.14. The van der Waals surface area contributed by atoms with Gasteiger partial charge in [-0.05, 0) is 37.9 Å². The summed E-state index contributed by atoms with van der Waals surface area (Å²) in [4.78, 5) is 0. The molecule has 0 aliphatic carbocycles. The van der Waals surface area contributed by atoms with Gasteiger partial charge in [-0.2, -0.15) is 5.10 Å². The van der Waals surface area contributed by atoms with E-state index in [0.29, 0.717) is 5.88 Å². The van der Waals surface area contributed by atoms with E-state index < -0.39 is 0 Å². The molecule has 0 saturated heterocycles. The number of benzene rings is 1. The maximum absolute atomic E-state index is 5.07. The number of aromatic nitrogens is 2. The van der Waals surface area contributed by atoms with Crippen LogP contribution in [0.4, 0.5) is 0 Å². The van der Waals surface area contributed by atoms with Gasteiger partial charge >= 0.3 is 0 Å². The first-order valence-corrected chi connectivity index (χ1v) is 7.39. The fourth-order valence-corrected chi connectivity index (χ4v) is 2.18. The van der Waals surface area contributed by atoms with Gasteiger partial charge in [-0.3, -0.25) is 0 Å². The molecule has 0 radical (unpaired) electrons. The molecule has 1 aromatic carbocycles. The Morgan fingerprint density at radius 2 is 1.86 bits per heavy atom. The molecule has 0 fully saturated rings. The molecule has 2 rings (SSSR count). The smallest absolute Gasteiger partial charge is 0.233 e. The van der Waals surface area contributed by atoms with Gasteiger partial charge < -0.3 is 10.1 Å². The zero-order valence-corrected chi connectivity index (χ0v) is 13.0.